The van der Waals surface area contributed by atoms with Crippen LogP contribution in [0.1, 0.15) is 21.5 Å². The van der Waals surface area contributed by atoms with Crippen LogP contribution in [0, 0.1) is 13.8 Å². The number of ether oxygens (including phenoxy) is 1. The Morgan fingerprint density at radius 1 is 1.11 bits per heavy atom. The van der Waals surface area contributed by atoms with E-state index >= 15 is 0 Å². The summed E-state index contributed by atoms with van der Waals surface area (Å²) in [5, 5.41) is 0.646. The quantitative estimate of drug-likeness (QED) is 0.781. The second kappa shape index (κ2) is 5.89. The number of carbonyl (C=O) groups excluding carboxylic acids is 1. The SMILES string of the molecule is Cc1ccc(C(=O)COc2ccc(Cl)cc2)c(C)c1. The van der Waals surface area contributed by atoms with Crippen molar-refractivity contribution in [1.29, 1.82) is 0 Å². The first-order chi connectivity index (χ1) is 9.06. The van der Waals surface area contributed by atoms with Gasteiger partial charge in [0.25, 0.3) is 0 Å². The minimum absolute atomic E-state index is 0.0209. The van der Waals surface area contributed by atoms with Crippen molar-refractivity contribution < 1.29 is 9.53 Å². The summed E-state index contributed by atoms with van der Waals surface area (Å²) in [4.78, 5) is 12.1. The van der Waals surface area contributed by atoms with Crippen molar-refractivity contribution in [3.05, 3.63) is 64.2 Å². The van der Waals surface area contributed by atoms with Gasteiger partial charge in [-0.1, -0.05) is 35.4 Å². The Morgan fingerprint density at radius 3 is 2.42 bits per heavy atom. The molecule has 2 aromatic rings. The van der Waals surface area contributed by atoms with Crippen LogP contribution in [-0.2, 0) is 0 Å². The lowest BCUT2D eigenvalue weighted by molar-refractivity contribution is 0.0921. The standard InChI is InChI=1S/C16H15ClO2/c1-11-3-8-15(12(2)9-11)16(18)10-19-14-6-4-13(17)5-7-14/h3-9H,10H2,1-2H3. The highest BCUT2D eigenvalue weighted by Gasteiger charge is 2.09. The van der Waals surface area contributed by atoms with Gasteiger partial charge in [-0.15, -0.1) is 0 Å². The summed E-state index contributed by atoms with van der Waals surface area (Å²) in [5.41, 5.74) is 2.83. The average Bonchev–Trinajstić information content (AvgIpc) is 2.37. The number of hydrogen-bond donors (Lipinski definition) is 0. The van der Waals surface area contributed by atoms with Crippen LogP contribution in [0.5, 0.6) is 5.75 Å². The van der Waals surface area contributed by atoms with Crippen molar-refractivity contribution in [2.75, 3.05) is 6.61 Å². The Labute approximate surface area is 118 Å². The molecule has 0 aliphatic heterocycles. The Balaban J connectivity index is 2.03. The third-order valence-electron chi connectivity index (χ3n) is 2.87. The number of benzene rings is 2. The maximum atomic E-state index is 12.1. The topological polar surface area (TPSA) is 26.3 Å². The van der Waals surface area contributed by atoms with E-state index < -0.39 is 0 Å². The molecule has 0 atom stereocenters. The molecule has 0 radical (unpaired) electrons. The van der Waals surface area contributed by atoms with E-state index in [4.69, 9.17) is 16.3 Å². The van der Waals surface area contributed by atoms with Crippen LogP contribution < -0.4 is 4.74 Å². The first kappa shape index (κ1) is 13.6. The summed E-state index contributed by atoms with van der Waals surface area (Å²) in [6, 6.07) is 12.7. The Morgan fingerprint density at radius 2 is 1.79 bits per heavy atom. The van der Waals surface area contributed by atoms with Gasteiger partial charge in [-0.25, -0.2) is 0 Å². The highest BCUT2D eigenvalue weighted by atomic mass is 35.5. The minimum atomic E-state index is -0.0209. The molecule has 98 valence electrons. The summed E-state index contributed by atoms with van der Waals surface area (Å²) in [6.07, 6.45) is 0. The molecule has 2 aromatic carbocycles. The molecule has 2 nitrogen and oxygen atoms in total. The molecule has 19 heavy (non-hydrogen) atoms. The highest BCUT2D eigenvalue weighted by molar-refractivity contribution is 6.30. The van der Waals surface area contributed by atoms with Gasteiger partial charge in [0.1, 0.15) is 5.75 Å². The number of hydrogen-bond acceptors (Lipinski definition) is 2. The van der Waals surface area contributed by atoms with E-state index in [1.807, 2.05) is 32.0 Å². The van der Waals surface area contributed by atoms with Crippen LogP contribution in [0.2, 0.25) is 5.02 Å². The molecule has 0 aliphatic rings. The molecular weight excluding hydrogens is 260 g/mol. The van der Waals surface area contributed by atoms with Crippen LogP contribution in [0.25, 0.3) is 0 Å². The summed E-state index contributed by atoms with van der Waals surface area (Å²) in [5.74, 6) is 0.620. The number of rotatable bonds is 4. The van der Waals surface area contributed by atoms with Crippen molar-refractivity contribution in [2.45, 2.75) is 13.8 Å². The molecule has 0 aromatic heterocycles. The number of aryl methyl sites for hydroxylation is 2. The average molecular weight is 275 g/mol. The van der Waals surface area contributed by atoms with Crippen molar-refractivity contribution in [2.24, 2.45) is 0 Å². The Kier molecular flexibility index (Phi) is 4.23. The molecule has 0 bridgehead atoms. The molecule has 0 heterocycles. The second-order valence-corrected chi connectivity index (χ2v) is 4.92. The van der Waals surface area contributed by atoms with Crippen LogP contribution >= 0.6 is 11.6 Å². The van der Waals surface area contributed by atoms with Gasteiger partial charge >= 0.3 is 0 Å². The molecule has 0 saturated carbocycles. The van der Waals surface area contributed by atoms with Gasteiger partial charge in [0.15, 0.2) is 12.4 Å². The molecule has 0 amide bonds. The van der Waals surface area contributed by atoms with Crippen molar-refractivity contribution >= 4 is 17.4 Å². The van der Waals surface area contributed by atoms with Gasteiger partial charge in [0.05, 0.1) is 0 Å². The first-order valence-electron chi connectivity index (χ1n) is 6.05. The molecule has 0 aliphatic carbocycles. The lowest BCUT2D eigenvalue weighted by atomic mass is 10.0. The summed E-state index contributed by atoms with van der Waals surface area (Å²) in [6.45, 7) is 3.97. The lowest BCUT2D eigenvalue weighted by Crippen LogP contribution is -2.12. The van der Waals surface area contributed by atoms with E-state index in [0.29, 0.717) is 16.3 Å². The van der Waals surface area contributed by atoms with Crippen LogP contribution in [0.3, 0.4) is 0 Å². The van der Waals surface area contributed by atoms with Crippen LogP contribution in [-0.4, -0.2) is 12.4 Å². The largest absolute Gasteiger partial charge is 0.485 e. The zero-order valence-electron chi connectivity index (χ0n) is 10.9. The molecule has 2 rings (SSSR count). The van der Waals surface area contributed by atoms with Crippen LogP contribution in [0.15, 0.2) is 42.5 Å². The van der Waals surface area contributed by atoms with E-state index in [2.05, 4.69) is 0 Å². The third kappa shape index (κ3) is 3.58. The van der Waals surface area contributed by atoms with E-state index in [1.54, 1.807) is 24.3 Å². The molecule has 3 heteroatoms. The Hall–Kier alpha value is -1.80. The molecule has 0 saturated heterocycles. The van der Waals surface area contributed by atoms with Gasteiger partial charge in [-0.2, -0.15) is 0 Å². The van der Waals surface area contributed by atoms with E-state index in [1.165, 1.54) is 0 Å². The zero-order valence-corrected chi connectivity index (χ0v) is 11.7. The monoisotopic (exact) mass is 274 g/mol. The smallest absolute Gasteiger partial charge is 0.200 e. The summed E-state index contributed by atoms with van der Waals surface area (Å²) >= 11 is 5.78. The number of Topliss-reactive ketones (excluding diaryl/α,β-unsaturated/α-hetero) is 1. The van der Waals surface area contributed by atoms with Gasteiger partial charge in [0.2, 0.25) is 0 Å². The van der Waals surface area contributed by atoms with Gasteiger partial charge in [-0.05, 0) is 43.7 Å². The maximum Gasteiger partial charge on any atom is 0.200 e. The first-order valence-corrected chi connectivity index (χ1v) is 6.43. The van der Waals surface area contributed by atoms with E-state index in [0.717, 1.165) is 11.1 Å². The van der Waals surface area contributed by atoms with Crippen molar-refractivity contribution in [3.8, 4) is 5.75 Å². The molecule has 0 unspecified atom stereocenters. The predicted octanol–water partition coefficient (Wildman–Crippen LogP) is 4.22. The van der Waals surface area contributed by atoms with Crippen LogP contribution in [0.4, 0.5) is 0 Å². The van der Waals surface area contributed by atoms with Gasteiger partial charge in [-0.3, -0.25) is 4.79 Å². The molecule has 0 N–H and O–H groups in total. The minimum Gasteiger partial charge on any atom is -0.485 e. The van der Waals surface area contributed by atoms with Crippen molar-refractivity contribution in [3.63, 3.8) is 0 Å². The van der Waals surface area contributed by atoms with Gasteiger partial charge < -0.3 is 4.74 Å². The number of halogens is 1. The molecule has 0 fully saturated rings. The highest BCUT2D eigenvalue weighted by Crippen LogP contribution is 2.16. The molecular formula is C16H15ClO2. The Bertz CT molecular complexity index is 588. The second-order valence-electron chi connectivity index (χ2n) is 4.48. The number of ketones is 1. The molecule has 0 spiro atoms. The third-order valence-corrected chi connectivity index (χ3v) is 3.12. The zero-order chi connectivity index (χ0) is 13.8. The summed E-state index contributed by atoms with van der Waals surface area (Å²) < 4.78 is 5.45. The predicted molar refractivity (Wildman–Crippen MR) is 77.2 cm³/mol. The van der Waals surface area contributed by atoms with Crippen molar-refractivity contribution in [1.82, 2.24) is 0 Å². The maximum absolute atomic E-state index is 12.1. The van der Waals surface area contributed by atoms with Gasteiger partial charge in [0, 0.05) is 10.6 Å². The fourth-order valence-electron chi connectivity index (χ4n) is 1.88. The lowest BCUT2D eigenvalue weighted by Gasteiger charge is -2.08. The van der Waals surface area contributed by atoms with E-state index in [-0.39, 0.29) is 12.4 Å². The fourth-order valence-corrected chi connectivity index (χ4v) is 2.01. The van der Waals surface area contributed by atoms with E-state index in [9.17, 15) is 4.79 Å². The normalized spacial score (nSPS) is 10.3. The number of carbonyl (C=O) groups is 1. The fraction of sp³-hybridized carbons (Fsp3) is 0.188. The summed E-state index contributed by atoms with van der Waals surface area (Å²) in [7, 11) is 0.